The third-order valence-electron chi connectivity index (χ3n) is 11.0. The minimum atomic E-state index is -1.33. The smallest absolute Gasteiger partial charge is 0.355 e. The summed E-state index contributed by atoms with van der Waals surface area (Å²) in [7, 11) is 1.56. The van der Waals surface area contributed by atoms with Crippen molar-refractivity contribution < 1.29 is 33.1 Å². The molecule has 0 unspecified atom stereocenters. The number of carbonyl (C=O) groups is 3. The summed E-state index contributed by atoms with van der Waals surface area (Å²) in [4.78, 5) is 59.1. The highest BCUT2D eigenvalue weighted by atomic mass is 32.2. The minimum Gasteiger partial charge on any atom is -0.497 e. The molecule has 0 bridgehead atoms. The molecule has 328 valence electrons. The van der Waals surface area contributed by atoms with Crippen LogP contribution in [0.2, 0.25) is 0 Å². The molecule has 0 radical (unpaired) electrons. The number of β-lactam (4-membered cyclic amide) rings is 1. The number of nitrogens with one attached hydrogen (secondary N) is 2. The molecular weight excluding hydrogens is 888 g/mol. The number of halogens is 1. The second-order valence-electron chi connectivity index (χ2n) is 14.7. The molecule has 0 spiro atoms. The van der Waals surface area contributed by atoms with Gasteiger partial charge in [-0.1, -0.05) is 114 Å². The number of ether oxygens (including phenoxy) is 2. The molecule has 0 aliphatic carbocycles. The van der Waals surface area contributed by atoms with Crippen molar-refractivity contribution in [3.63, 3.8) is 0 Å². The van der Waals surface area contributed by atoms with Crippen LogP contribution in [0.15, 0.2) is 150 Å². The van der Waals surface area contributed by atoms with E-state index in [1.165, 1.54) is 16.7 Å². The maximum Gasteiger partial charge on any atom is 0.355 e. The highest BCUT2D eigenvalue weighted by Gasteiger charge is 2.54. The van der Waals surface area contributed by atoms with Crippen LogP contribution in [0, 0.1) is 6.92 Å². The molecule has 2 aliphatic rings. The van der Waals surface area contributed by atoms with Crippen molar-refractivity contribution in [1.29, 1.82) is 0 Å². The Balaban J connectivity index is 0.981. The predicted octanol–water partition coefficient (Wildman–Crippen LogP) is 7.73. The van der Waals surface area contributed by atoms with Crippen molar-refractivity contribution in [2.24, 2.45) is 5.16 Å². The lowest BCUT2D eigenvalue weighted by Crippen LogP contribution is -2.71. The van der Waals surface area contributed by atoms with Crippen molar-refractivity contribution in [1.82, 2.24) is 29.0 Å². The molecule has 7 aromatic rings. The quantitative estimate of drug-likeness (QED) is 0.0321. The number of imidazole rings is 1. The van der Waals surface area contributed by atoms with Crippen molar-refractivity contribution in [2.45, 2.75) is 30.5 Å². The third kappa shape index (κ3) is 8.50. The first-order valence-electron chi connectivity index (χ1n) is 20.2. The molecule has 2 amide bonds. The van der Waals surface area contributed by atoms with E-state index in [1.807, 2.05) is 114 Å². The molecule has 1 saturated heterocycles. The lowest BCUT2D eigenvalue weighted by molar-refractivity contribution is -0.153. The summed E-state index contributed by atoms with van der Waals surface area (Å²) in [5.74, 6) is -1.31. The number of amides is 2. The van der Waals surface area contributed by atoms with Crippen LogP contribution in [0.3, 0.4) is 0 Å². The van der Waals surface area contributed by atoms with E-state index in [1.54, 1.807) is 55.2 Å². The first kappa shape index (κ1) is 43.1. The average molecular weight is 927 g/mol. The Bertz CT molecular complexity index is 2840. The number of benzene rings is 4. The van der Waals surface area contributed by atoms with Gasteiger partial charge >= 0.3 is 5.97 Å². The minimum absolute atomic E-state index is 0.0546. The number of hydrogen-bond acceptors (Lipinski definition) is 14. The van der Waals surface area contributed by atoms with Crippen molar-refractivity contribution in [3.8, 4) is 5.75 Å². The second-order valence-corrected chi connectivity index (χ2v) is 17.6. The second kappa shape index (κ2) is 18.9. The monoisotopic (exact) mass is 926 g/mol. The van der Waals surface area contributed by atoms with E-state index in [4.69, 9.17) is 14.3 Å². The highest BCUT2D eigenvalue weighted by Crippen LogP contribution is 2.43. The number of allylic oxidation sites excluding steroid dienone is 1. The summed E-state index contributed by atoms with van der Waals surface area (Å²) < 4.78 is 31.0. The van der Waals surface area contributed by atoms with Crippen LogP contribution in [0.25, 0.3) is 10.9 Å². The van der Waals surface area contributed by atoms with E-state index >= 15 is 0 Å². The van der Waals surface area contributed by atoms with Crippen LogP contribution >= 0.6 is 34.6 Å². The molecule has 1 fully saturated rings. The zero-order valence-corrected chi connectivity index (χ0v) is 37.2. The van der Waals surface area contributed by atoms with Crippen molar-refractivity contribution >= 4 is 74.2 Å². The summed E-state index contributed by atoms with van der Waals surface area (Å²) in [6.07, 6.45) is 7.24. The number of carbonyl (C=O) groups excluding carboxylic acids is 3. The molecule has 2 N–H and O–H groups in total. The first-order chi connectivity index (χ1) is 31.8. The first-order valence-corrected chi connectivity index (χ1v) is 22.9. The lowest BCUT2D eigenvalue weighted by Gasteiger charge is -2.49. The molecule has 5 heterocycles. The van der Waals surface area contributed by atoms with Crippen LogP contribution in [-0.2, 0) is 36.1 Å². The van der Waals surface area contributed by atoms with Crippen LogP contribution in [0.5, 0.6) is 5.75 Å². The number of methoxy groups -OCH3 is 1. The Morgan fingerprint density at radius 2 is 1.60 bits per heavy atom. The number of aryl methyl sites for hydroxylation is 1. The molecule has 18 heteroatoms. The number of esters is 1. The van der Waals surface area contributed by atoms with Gasteiger partial charge in [-0.25, -0.2) is 14.2 Å². The van der Waals surface area contributed by atoms with Gasteiger partial charge in [0.2, 0.25) is 16.7 Å². The maximum absolute atomic E-state index is 14.1. The number of nitrogens with zero attached hydrogens (tertiary/aromatic N) is 6. The standard InChI is InChI=1S/C47H39FN8O6S3/c1-29-36(64-37-24-49-28-55(29)37)23-20-31-26-63-44-39(43(58)56(44)40(31)45(59)61-25-30-18-21-35(60-2)22-19-30)50-42(57)38(53-62-27-48)41-51-46(65-54-41)52-47(32-12-6-3-7-13-32,33-14-8-4-9-15-33)34-16-10-5-11-17-34/h3-24,28,39,44H,25-27H2,1-2H3,(H,50,57)(H,51,52,54)/b23-20?,53-38-/t39-,44-/m1/s1. The van der Waals surface area contributed by atoms with Gasteiger partial charge in [0, 0.05) is 27.9 Å². The summed E-state index contributed by atoms with van der Waals surface area (Å²) >= 11 is 3.88. The summed E-state index contributed by atoms with van der Waals surface area (Å²) in [5.41, 5.74) is 3.67. The molecule has 3 aromatic heterocycles. The molecule has 0 saturated carbocycles. The Morgan fingerprint density at radius 1 is 0.938 bits per heavy atom. The normalized spacial score (nSPS) is 16.3. The topological polar surface area (TPSA) is 162 Å². The van der Waals surface area contributed by atoms with E-state index in [2.05, 4.69) is 30.1 Å². The van der Waals surface area contributed by atoms with Crippen molar-refractivity contribution in [2.75, 3.05) is 25.0 Å². The fourth-order valence-electron chi connectivity index (χ4n) is 7.74. The number of rotatable bonds is 16. The molecule has 65 heavy (non-hydrogen) atoms. The molecule has 14 nitrogen and oxygen atoms in total. The van der Waals surface area contributed by atoms with Gasteiger partial charge in [-0.2, -0.15) is 9.36 Å². The Hall–Kier alpha value is -7.15. The van der Waals surface area contributed by atoms with E-state index in [0.29, 0.717) is 22.2 Å². The van der Waals surface area contributed by atoms with Gasteiger partial charge < -0.3 is 24.9 Å². The largest absolute Gasteiger partial charge is 0.497 e. The summed E-state index contributed by atoms with van der Waals surface area (Å²) in [6.45, 7) is 0.588. The van der Waals surface area contributed by atoms with E-state index in [9.17, 15) is 18.8 Å². The Kier molecular flexibility index (Phi) is 12.5. The number of anilines is 1. The SMILES string of the molecule is COc1ccc(COC(=O)C2=C(C=Cc3sc4cncn4c3C)CS[C@@H]3[C@H](NC(=O)/C(=N\OCF)c4nsc(NC(c5ccccc5)(c5ccccc5)c5ccccc5)n4)C(=O)N23)cc1. The van der Waals surface area contributed by atoms with Gasteiger partial charge in [0.25, 0.3) is 18.7 Å². The zero-order valence-electron chi connectivity index (χ0n) is 34.8. The number of fused-ring (bicyclic) bond motifs is 2. The van der Waals surface area contributed by atoms with Crippen LogP contribution in [0.4, 0.5) is 9.52 Å². The van der Waals surface area contributed by atoms with Crippen molar-refractivity contribution in [3.05, 3.63) is 184 Å². The van der Waals surface area contributed by atoms with Crippen LogP contribution < -0.4 is 15.4 Å². The predicted molar refractivity (Wildman–Crippen MR) is 248 cm³/mol. The molecule has 2 atom stereocenters. The van der Waals surface area contributed by atoms with Gasteiger partial charge in [-0.05, 0) is 53.0 Å². The van der Waals surface area contributed by atoms with Gasteiger partial charge in [0.05, 0.1) is 13.3 Å². The molecule has 9 rings (SSSR count). The Morgan fingerprint density at radius 3 is 2.22 bits per heavy atom. The van der Waals surface area contributed by atoms with E-state index in [0.717, 1.165) is 49.2 Å². The van der Waals surface area contributed by atoms with Gasteiger partial charge in [-0.3, -0.25) is 18.9 Å². The highest BCUT2D eigenvalue weighted by molar-refractivity contribution is 8.00. The van der Waals surface area contributed by atoms with Gasteiger partial charge in [-0.15, -0.1) is 23.1 Å². The van der Waals surface area contributed by atoms with Gasteiger partial charge in [0.15, 0.2) is 0 Å². The van der Waals surface area contributed by atoms with Gasteiger partial charge in [0.1, 0.15) is 46.2 Å². The number of alkyl halides is 1. The summed E-state index contributed by atoms with van der Waals surface area (Å²) in [5, 5.41) is 9.76. The number of oxime groups is 1. The van der Waals surface area contributed by atoms with E-state index < -0.39 is 47.3 Å². The zero-order chi connectivity index (χ0) is 44.9. The lowest BCUT2D eigenvalue weighted by atomic mass is 9.77. The molecule has 4 aromatic carbocycles. The van der Waals surface area contributed by atoms with E-state index in [-0.39, 0.29) is 18.1 Å². The number of aromatic nitrogens is 4. The average Bonchev–Trinajstić information content (AvgIpc) is 4.10. The van der Waals surface area contributed by atoms with Crippen LogP contribution in [-0.4, -0.2) is 78.3 Å². The number of hydrogen-bond donors (Lipinski definition) is 2. The Labute approximate surface area is 384 Å². The number of thiazole rings is 1. The summed E-state index contributed by atoms with van der Waals surface area (Å²) in [6, 6.07) is 35.6. The number of thioether (sulfide) groups is 1. The fraction of sp³-hybridized carbons (Fsp3) is 0.170. The third-order valence-corrected chi connectivity index (χ3v) is 14.0. The fourth-order valence-corrected chi connectivity index (χ4v) is 10.7. The molecular formula is C47H39FN8O6S3. The van der Waals surface area contributed by atoms with Crippen LogP contribution in [0.1, 0.15) is 38.6 Å². The molecule has 2 aliphatic heterocycles. The maximum atomic E-state index is 14.1.